The summed E-state index contributed by atoms with van der Waals surface area (Å²) in [5.41, 5.74) is 0. The first kappa shape index (κ1) is 30.2. The van der Waals surface area contributed by atoms with E-state index < -0.39 is 0 Å². The second kappa shape index (κ2) is 81.9. The van der Waals surface area contributed by atoms with Crippen molar-refractivity contribution < 1.29 is 27.7 Å². The molecule has 0 saturated carbocycles. The monoisotopic (exact) mass is 394 g/mol. The Morgan fingerprint density at radius 3 is 0.727 bits per heavy atom. The fraction of sp³-hybridized carbons (Fsp3) is 0. The fourth-order valence-corrected chi connectivity index (χ4v) is 0. The Bertz CT molecular complexity index is 112. The molecule has 0 spiro atoms. The summed E-state index contributed by atoms with van der Waals surface area (Å²) in [4.78, 5) is 0. The van der Waals surface area contributed by atoms with E-state index in [9.17, 15) is 0 Å². The molecule has 0 bridgehead atoms. The van der Waals surface area contributed by atoms with Crippen LogP contribution in [0, 0.1) is 0 Å². The van der Waals surface area contributed by atoms with Crippen LogP contribution >= 0.6 is 36.7 Å². The SMILES string of the molecule is [Hg+2].[N-]=C=S.[N-]=C=S.[N-]=C=S.[NH4+]. The maximum Gasteiger partial charge on any atom is 2.00 e. The molecule has 0 aromatic carbocycles. The van der Waals surface area contributed by atoms with Gasteiger partial charge in [-0.2, -0.15) is 15.5 Å². The van der Waals surface area contributed by atoms with E-state index >= 15 is 0 Å². The van der Waals surface area contributed by atoms with Gasteiger partial charge in [-0.3, -0.25) is 0 Å². The largest absolute Gasteiger partial charge is 2.00 e. The van der Waals surface area contributed by atoms with E-state index in [1.54, 1.807) is 0 Å². The van der Waals surface area contributed by atoms with E-state index in [-0.39, 0.29) is 33.8 Å². The molecule has 0 atom stereocenters. The molecule has 0 fully saturated rings. The fourth-order valence-electron chi connectivity index (χ4n) is 0. The molecule has 8 heteroatoms. The molecular formula is C3H4HgN4S3. The molecule has 4 nitrogen and oxygen atoms in total. The molecule has 0 aliphatic carbocycles. The van der Waals surface area contributed by atoms with Crippen molar-refractivity contribution in [2.45, 2.75) is 0 Å². The molecule has 4 N–H and O–H groups in total. The number of hydrogen-bond acceptors (Lipinski definition) is 3. The quantitative estimate of drug-likeness (QED) is 0.388. The van der Waals surface area contributed by atoms with Crippen molar-refractivity contribution in [2.75, 3.05) is 0 Å². The third kappa shape index (κ3) is 8140. The average molecular weight is 393 g/mol. The first-order valence-electron chi connectivity index (χ1n) is 1.28. The van der Waals surface area contributed by atoms with Crippen molar-refractivity contribution in [1.29, 1.82) is 0 Å². The molecule has 0 aliphatic heterocycles. The maximum atomic E-state index is 7.13. The molecule has 0 radical (unpaired) electrons. The third-order valence-electron chi connectivity index (χ3n) is 0. The van der Waals surface area contributed by atoms with Gasteiger partial charge in [-0.1, -0.05) is 36.7 Å². The Morgan fingerprint density at radius 1 is 0.727 bits per heavy atom. The predicted molar refractivity (Wildman–Crippen MR) is 53.9 cm³/mol. The zero-order chi connectivity index (χ0) is 8.12. The molecule has 0 aromatic heterocycles. The summed E-state index contributed by atoms with van der Waals surface area (Å²) in [6.45, 7) is 0. The van der Waals surface area contributed by atoms with Crippen LogP contribution in [0.1, 0.15) is 0 Å². The Hall–Kier alpha value is 0.295. The zero-order valence-corrected chi connectivity index (χ0v) is 13.7. The van der Waals surface area contributed by atoms with Crippen molar-refractivity contribution in [1.82, 2.24) is 6.15 Å². The van der Waals surface area contributed by atoms with Crippen LogP contribution in [0.15, 0.2) is 0 Å². The van der Waals surface area contributed by atoms with E-state index in [0.717, 1.165) is 0 Å². The second-order valence-corrected chi connectivity index (χ2v) is 0.822. The van der Waals surface area contributed by atoms with Crippen LogP contribution in [0.5, 0.6) is 0 Å². The normalized spacial score (nSPS) is 2.18. The first-order chi connectivity index (χ1) is 4.24. The smallest absolute Gasteiger partial charge is 0.753 e. The predicted octanol–water partition coefficient (Wildman–Crippen LogP) is 2.35. The van der Waals surface area contributed by atoms with Crippen LogP contribution in [0.3, 0.4) is 0 Å². The summed E-state index contributed by atoms with van der Waals surface area (Å²) in [6, 6.07) is 0. The van der Waals surface area contributed by atoms with Gasteiger partial charge < -0.3 is 22.4 Å². The summed E-state index contributed by atoms with van der Waals surface area (Å²) in [7, 11) is 0. The topological polar surface area (TPSA) is 103 Å². The third-order valence-corrected chi connectivity index (χ3v) is 0. The van der Waals surface area contributed by atoms with Gasteiger partial charge in [0.2, 0.25) is 0 Å². The molecule has 0 saturated heterocycles. The van der Waals surface area contributed by atoms with Crippen LogP contribution in [0.2, 0.25) is 0 Å². The van der Waals surface area contributed by atoms with Gasteiger partial charge >= 0.3 is 27.7 Å². The molecule has 0 aliphatic rings. The minimum Gasteiger partial charge on any atom is -0.753 e. The van der Waals surface area contributed by atoms with E-state index in [4.69, 9.17) is 16.2 Å². The molecule has 0 amide bonds. The van der Waals surface area contributed by atoms with Crippen molar-refractivity contribution in [2.24, 2.45) is 0 Å². The number of quaternary nitrogens is 1. The van der Waals surface area contributed by atoms with Crippen molar-refractivity contribution in [3.63, 3.8) is 0 Å². The Labute approximate surface area is 101 Å². The van der Waals surface area contributed by atoms with Gasteiger partial charge in [0.25, 0.3) is 0 Å². The van der Waals surface area contributed by atoms with Gasteiger partial charge in [0, 0.05) is 0 Å². The molecule has 0 heterocycles. The number of isothiocyanates is 3. The molecular weight excluding hydrogens is 389 g/mol. The Kier molecular flexibility index (Phi) is 225. The second-order valence-electron chi connectivity index (χ2n) is 0.274. The van der Waals surface area contributed by atoms with Crippen molar-refractivity contribution in [3.05, 3.63) is 16.2 Å². The molecule has 0 aromatic rings. The average Bonchev–Trinajstić information content (AvgIpc) is 1.70. The van der Waals surface area contributed by atoms with E-state index in [2.05, 4.69) is 36.7 Å². The number of hydrogen-bond donors (Lipinski definition) is 1. The van der Waals surface area contributed by atoms with Gasteiger partial charge in [0.15, 0.2) is 0 Å². The van der Waals surface area contributed by atoms with Crippen molar-refractivity contribution in [3.8, 4) is 0 Å². The van der Waals surface area contributed by atoms with E-state index in [0.29, 0.717) is 0 Å². The standard InChI is InChI=1S/3CNS.Hg.H3N/c3*2-1-3;;/h;;;;1H3/q3*-1;+2;/p+1. The summed E-state index contributed by atoms with van der Waals surface area (Å²) >= 11 is 11.1. The molecule has 56 valence electrons. The van der Waals surface area contributed by atoms with Gasteiger partial charge in [-0.25, -0.2) is 0 Å². The van der Waals surface area contributed by atoms with E-state index in [1.165, 1.54) is 15.5 Å². The molecule has 0 rings (SSSR count). The van der Waals surface area contributed by atoms with Crippen LogP contribution in [-0.2, 0) is 27.7 Å². The Morgan fingerprint density at radius 2 is 0.727 bits per heavy atom. The Balaban J connectivity index is -0.0000000150. The first-order valence-corrected chi connectivity index (χ1v) is 2.51. The van der Waals surface area contributed by atoms with Crippen LogP contribution in [0.25, 0.3) is 16.2 Å². The van der Waals surface area contributed by atoms with Gasteiger partial charge in [0.05, 0.1) is 0 Å². The van der Waals surface area contributed by atoms with Crippen LogP contribution in [-0.4, -0.2) is 15.5 Å². The summed E-state index contributed by atoms with van der Waals surface area (Å²) in [5, 5.41) is 25.4. The summed E-state index contributed by atoms with van der Waals surface area (Å²) < 4.78 is 0. The number of nitrogens with zero attached hydrogens (tertiary/aromatic N) is 3. The van der Waals surface area contributed by atoms with Gasteiger partial charge in [-0.15, -0.1) is 0 Å². The van der Waals surface area contributed by atoms with Gasteiger partial charge in [-0.05, 0) is 0 Å². The van der Waals surface area contributed by atoms with Crippen LogP contribution in [0.4, 0.5) is 0 Å². The molecule has 11 heavy (non-hydrogen) atoms. The van der Waals surface area contributed by atoms with Gasteiger partial charge in [0.1, 0.15) is 0 Å². The van der Waals surface area contributed by atoms with E-state index in [1.807, 2.05) is 0 Å². The summed E-state index contributed by atoms with van der Waals surface area (Å²) in [6.07, 6.45) is 0. The molecule has 0 unspecified atom stereocenters. The maximum absolute atomic E-state index is 7.13. The minimum atomic E-state index is 0. The number of thiocarbonyl (C=S) groups is 3. The number of rotatable bonds is 0. The summed E-state index contributed by atoms with van der Waals surface area (Å²) in [5.74, 6) is 0. The van der Waals surface area contributed by atoms with Crippen LogP contribution < -0.4 is 6.15 Å². The minimum absolute atomic E-state index is 0. The van der Waals surface area contributed by atoms with Crippen molar-refractivity contribution >= 4 is 52.1 Å². The zero-order valence-electron chi connectivity index (χ0n) is 5.77.